The topological polar surface area (TPSA) is 140 Å². The molecule has 0 aliphatic carbocycles. The van der Waals surface area contributed by atoms with Crippen LogP contribution in [0.15, 0.2) is 64.2 Å². The van der Waals surface area contributed by atoms with Crippen LogP contribution in [0.2, 0.25) is 0 Å². The largest absolute Gasteiger partial charge is 0.462 e. The number of para-hydroxylation sites is 1. The number of rotatable bonds is 9. The first-order chi connectivity index (χ1) is 16.3. The number of carbonyl (C=O) groups is 2. The van der Waals surface area contributed by atoms with Gasteiger partial charge in [0.1, 0.15) is 11.5 Å². The van der Waals surface area contributed by atoms with Crippen molar-refractivity contribution < 1.29 is 14.3 Å². The average molecular weight is 466 g/mol. The number of aromatic amines is 1. The fourth-order valence-corrected chi connectivity index (χ4v) is 3.50. The average Bonchev–Trinajstić information content (AvgIpc) is 2.82. The van der Waals surface area contributed by atoms with Crippen molar-refractivity contribution in [1.29, 1.82) is 0 Å². The maximum absolute atomic E-state index is 12.8. The number of ether oxygens (including phenoxy) is 1. The molecule has 0 aliphatic heterocycles. The minimum Gasteiger partial charge on any atom is -0.462 e. The molecule has 1 heterocycles. The van der Waals surface area contributed by atoms with Crippen LogP contribution in [0.3, 0.4) is 0 Å². The van der Waals surface area contributed by atoms with Crippen LogP contribution < -0.4 is 27.2 Å². The van der Waals surface area contributed by atoms with Gasteiger partial charge in [-0.2, -0.15) is 0 Å². The van der Waals surface area contributed by atoms with E-state index in [9.17, 15) is 19.2 Å². The zero-order valence-electron chi connectivity index (χ0n) is 19.0. The Bertz CT molecular complexity index is 1280. The third-order valence-electron chi connectivity index (χ3n) is 5.13. The van der Waals surface area contributed by atoms with E-state index >= 15 is 0 Å². The molecular weight excluding hydrogens is 438 g/mol. The molecule has 0 aliphatic rings. The zero-order valence-corrected chi connectivity index (χ0v) is 19.0. The van der Waals surface area contributed by atoms with E-state index in [0.717, 1.165) is 5.56 Å². The van der Waals surface area contributed by atoms with Crippen LogP contribution in [0, 0.1) is 0 Å². The van der Waals surface area contributed by atoms with Gasteiger partial charge in [-0.05, 0) is 31.5 Å². The molecule has 0 unspecified atom stereocenters. The molecule has 4 N–H and O–H groups in total. The van der Waals surface area contributed by atoms with Gasteiger partial charge < -0.3 is 20.7 Å². The molecular formula is C24H27N5O5. The molecule has 178 valence electrons. The molecule has 0 radical (unpaired) electrons. The maximum atomic E-state index is 12.8. The first kappa shape index (κ1) is 24.3. The second-order valence-corrected chi connectivity index (χ2v) is 7.39. The molecule has 34 heavy (non-hydrogen) atoms. The summed E-state index contributed by atoms with van der Waals surface area (Å²) in [7, 11) is 0. The highest BCUT2D eigenvalue weighted by atomic mass is 16.5. The minimum absolute atomic E-state index is 0.0202. The van der Waals surface area contributed by atoms with Crippen molar-refractivity contribution in [1.82, 2.24) is 9.55 Å². The number of esters is 1. The van der Waals surface area contributed by atoms with Gasteiger partial charge in [-0.3, -0.25) is 19.1 Å². The van der Waals surface area contributed by atoms with Crippen molar-refractivity contribution in [3.8, 4) is 0 Å². The Kier molecular flexibility index (Phi) is 7.86. The summed E-state index contributed by atoms with van der Waals surface area (Å²) in [5.41, 5.74) is 6.27. The highest BCUT2D eigenvalue weighted by Crippen LogP contribution is 2.19. The molecule has 0 spiro atoms. The van der Waals surface area contributed by atoms with Gasteiger partial charge in [-0.15, -0.1) is 0 Å². The van der Waals surface area contributed by atoms with Crippen molar-refractivity contribution in [3.05, 3.63) is 86.6 Å². The molecule has 0 saturated carbocycles. The van der Waals surface area contributed by atoms with Gasteiger partial charge in [0.25, 0.3) is 5.56 Å². The number of nitrogens with two attached hydrogens (primary N) is 1. The summed E-state index contributed by atoms with van der Waals surface area (Å²) in [6.07, 6.45) is 0. The SMILES string of the molecule is CCOC(=O)c1ccccc1NC(=O)CN(CC)c1c(N)n(Cc2ccccc2)c(=O)[nH]c1=O. The lowest BCUT2D eigenvalue weighted by molar-refractivity contribution is -0.115. The fraction of sp³-hybridized carbons (Fsp3) is 0.250. The normalized spacial score (nSPS) is 10.5. The van der Waals surface area contributed by atoms with Gasteiger partial charge in [0.05, 0.1) is 30.9 Å². The van der Waals surface area contributed by atoms with Crippen LogP contribution in [0.25, 0.3) is 0 Å². The van der Waals surface area contributed by atoms with Crippen molar-refractivity contribution in [3.63, 3.8) is 0 Å². The Morgan fingerprint density at radius 1 is 1.06 bits per heavy atom. The van der Waals surface area contributed by atoms with Crippen molar-refractivity contribution >= 4 is 29.1 Å². The number of nitrogen functional groups attached to an aromatic ring is 1. The van der Waals surface area contributed by atoms with Crippen LogP contribution in [-0.4, -0.2) is 41.1 Å². The molecule has 0 bridgehead atoms. The maximum Gasteiger partial charge on any atom is 0.340 e. The Morgan fingerprint density at radius 3 is 2.41 bits per heavy atom. The predicted octanol–water partition coefficient (Wildman–Crippen LogP) is 1.81. The molecule has 3 rings (SSSR count). The summed E-state index contributed by atoms with van der Waals surface area (Å²) >= 11 is 0. The molecule has 1 amide bonds. The number of anilines is 3. The molecule has 2 aromatic carbocycles. The smallest absolute Gasteiger partial charge is 0.340 e. The number of benzene rings is 2. The Balaban J connectivity index is 1.87. The van der Waals surface area contributed by atoms with Crippen LogP contribution in [0.5, 0.6) is 0 Å². The van der Waals surface area contributed by atoms with E-state index in [1.54, 1.807) is 38.1 Å². The molecule has 1 aromatic heterocycles. The molecule has 10 heteroatoms. The fourth-order valence-electron chi connectivity index (χ4n) is 3.50. The van der Waals surface area contributed by atoms with E-state index in [2.05, 4.69) is 10.3 Å². The van der Waals surface area contributed by atoms with Crippen molar-refractivity contribution in [2.24, 2.45) is 0 Å². The number of hydrogen-bond donors (Lipinski definition) is 3. The summed E-state index contributed by atoms with van der Waals surface area (Å²) in [6, 6.07) is 15.7. The number of hydrogen-bond acceptors (Lipinski definition) is 7. The number of amides is 1. The van der Waals surface area contributed by atoms with Crippen LogP contribution in [0.1, 0.15) is 29.8 Å². The number of H-pyrrole nitrogens is 1. The highest BCUT2D eigenvalue weighted by molar-refractivity contribution is 6.02. The van der Waals surface area contributed by atoms with E-state index in [0.29, 0.717) is 0 Å². The van der Waals surface area contributed by atoms with E-state index in [1.807, 2.05) is 30.3 Å². The standard InChI is InChI=1S/C24H27N5O5/c1-3-28(15-19(30)26-18-13-9-8-12-17(18)23(32)34-4-2)20-21(25)29(24(33)27-22(20)31)14-16-10-6-5-7-11-16/h5-13H,3-4,14-15,25H2,1-2H3,(H,26,30)(H,27,31,33). The van der Waals surface area contributed by atoms with Gasteiger partial charge >= 0.3 is 11.7 Å². The number of nitrogens with one attached hydrogen (secondary N) is 2. The highest BCUT2D eigenvalue weighted by Gasteiger charge is 2.21. The molecule has 10 nitrogen and oxygen atoms in total. The molecule has 0 atom stereocenters. The summed E-state index contributed by atoms with van der Waals surface area (Å²) < 4.78 is 6.28. The van der Waals surface area contributed by atoms with E-state index < -0.39 is 23.1 Å². The number of carbonyl (C=O) groups excluding carboxylic acids is 2. The van der Waals surface area contributed by atoms with E-state index in [-0.39, 0.29) is 49.0 Å². The van der Waals surface area contributed by atoms with Gasteiger partial charge in [-0.25, -0.2) is 9.59 Å². The van der Waals surface area contributed by atoms with E-state index in [1.165, 1.54) is 9.47 Å². The quantitative estimate of drug-likeness (QED) is 0.410. The number of nitrogens with zero attached hydrogens (tertiary/aromatic N) is 2. The lowest BCUT2D eigenvalue weighted by Gasteiger charge is -2.24. The third kappa shape index (κ3) is 5.52. The van der Waals surface area contributed by atoms with Gasteiger partial charge in [0, 0.05) is 6.54 Å². The Hall–Kier alpha value is -4.34. The lowest BCUT2D eigenvalue weighted by atomic mass is 10.2. The first-order valence-electron chi connectivity index (χ1n) is 10.8. The summed E-state index contributed by atoms with van der Waals surface area (Å²) in [6.45, 7) is 3.84. The monoisotopic (exact) mass is 465 g/mol. The minimum atomic E-state index is -0.687. The second-order valence-electron chi connectivity index (χ2n) is 7.39. The van der Waals surface area contributed by atoms with Crippen molar-refractivity contribution in [2.45, 2.75) is 20.4 Å². The van der Waals surface area contributed by atoms with Gasteiger partial charge in [-0.1, -0.05) is 42.5 Å². The molecule has 0 fully saturated rings. The second kappa shape index (κ2) is 11.0. The number of likely N-dealkylation sites (N-methyl/N-ethyl adjacent to an activating group) is 1. The zero-order chi connectivity index (χ0) is 24.7. The van der Waals surface area contributed by atoms with Crippen LogP contribution in [0.4, 0.5) is 17.2 Å². The number of aromatic nitrogens is 2. The summed E-state index contributed by atoms with van der Waals surface area (Å²) in [4.78, 5) is 53.8. The predicted molar refractivity (Wildman–Crippen MR) is 130 cm³/mol. The van der Waals surface area contributed by atoms with Crippen LogP contribution >= 0.6 is 0 Å². The molecule has 3 aromatic rings. The summed E-state index contributed by atoms with van der Waals surface area (Å²) in [5.74, 6) is -1.07. The Labute approximate surface area is 196 Å². The third-order valence-corrected chi connectivity index (χ3v) is 5.13. The summed E-state index contributed by atoms with van der Waals surface area (Å²) in [5, 5.41) is 2.69. The van der Waals surface area contributed by atoms with Crippen LogP contribution in [-0.2, 0) is 16.1 Å². The molecule has 0 saturated heterocycles. The lowest BCUT2D eigenvalue weighted by Crippen LogP contribution is -2.41. The first-order valence-corrected chi connectivity index (χ1v) is 10.8. The van der Waals surface area contributed by atoms with Crippen molar-refractivity contribution in [2.75, 3.05) is 35.6 Å². The van der Waals surface area contributed by atoms with Gasteiger partial charge in [0.2, 0.25) is 5.91 Å². The van der Waals surface area contributed by atoms with Gasteiger partial charge in [0.15, 0.2) is 0 Å². The van der Waals surface area contributed by atoms with E-state index in [4.69, 9.17) is 10.5 Å². The Morgan fingerprint density at radius 2 is 1.74 bits per heavy atom.